The molecule has 0 radical (unpaired) electrons. The van der Waals surface area contributed by atoms with Gasteiger partial charge >= 0.3 is 5.97 Å². The van der Waals surface area contributed by atoms with Crippen molar-refractivity contribution in [3.63, 3.8) is 0 Å². The number of carboxylic acid groups (broad SMARTS) is 1. The molecule has 0 aromatic heterocycles. The maximum Gasteiger partial charge on any atom is 0.303 e. The van der Waals surface area contributed by atoms with Gasteiger partial charge in [0, 0.05) is 19.2 Å². The molecule has 0 aliphatic heterocycles. The van der Waals surface area contributed by atoms with E-state index in [0.29, 0.717) is 19.4 Å². The van der Waals surface area contributed by atoms with E-state index in [1.807, 2.05) is 6.92 Å². The van der Waals surface area contributed by atoms with Crippen molar-refractivity contribution >= 4 is 21.7 Å². The molecule has 1 unspecified atom stereocenters. The van der Waals surface area contributed by atoms with Crippen LogP contribution in [0.4, 0.5) is 0 Å². The van der Waals surface area contributed by atoms with Gasteiger partial charge in [0.1, 0.15) is 5.75 Å². The molecule has 0 bridgehead atoms. The lowest BCUT2D eigenvalue weighted by atomic mass is 9.97. The van der Waals surface area contributed by atoms with Gasteiger partial charge in [0.25, 0.3) is 0 Å². The number of carboxylic acids is 1. The Hall–Kier alpha value is -1.11. The molecular formula is C11H21NO5S. The van der Waals surface area contributed by atoms with Crippen molar-refractivity contribution in [1.82, 2.24) is 5.32 Å². The maximum absolute atomic E-state index is 11.2. The summed E-state index contributed by atoms with van der Waals surface area (Å²) in [5.74, 6) is -1.60. The Morgan fingerprint density at radius 2 is 1.89 bits per heavy atom. The Morgan fingerprint density at radius 3 is 2.33 bits per heavy atom. The van der Waals surface area contributed by atoms with E-state index < -0.39 is 27.5 Å². The van der Waals surface area contributed by atoms with Gasteiger partial charge in [0.2, 0.25) is 5.91 Å². The molecule has 1 atom stereocenters. The lowest BCUT2D eigenvalue weighted by Gasteiger charge is -2.13. The van der Waals surface area contributed by atoms with Crippen LogP contribution < -0.4 is 5.32 Å². The van der Waals surface area contributed by atoms with Crippen molar-refractivity contribution in [3.05, 3.63) is 0 Å². The van der Waals surface area contributed by atoms with E-state index in [1.54, 1.807) is 0 Å². The van der Waals surface area contributed by atoms with Crippen molar-refractivity contribution in [2.75, 3.05) is 18.6 Å². The highest BCUT2D eigenvalue weighted by Gasteiger charge is 2.12. The molecule has 7 heteroatoms. The first-order chi connectivity index (χ1) is 8.24. The third kappa shape index (κ3) is 10.1. The van der Waals surface area contributed by atoms with Crippen LogP contribution in [0.1, 0.15) is 32.6 Å². The predicted molar refractivity (Wildman–Crippen MR) is 68.0 cm³/mol. The molecule has 0 saturated carbocycles. The Bertz CT molecular complexity index is 377. The number of hydrogen-bond donors (Lipinski definition) is 2. The fraction of sp³-hybridized carbons (Fsp3) is 0.818. The molecular weight excluding hydrogens is 258 g/mol. The van der Waals surface area contributed by atoms with E-state index in [0.717, 1.165) is 12.7 Å². The van der Waals surface area contributed by atoms with Gasteiger partial charge in [0.05, 0.1) is 0 Å². The summed E-state index contributed by atoms with van der Waals surface area (Å²) in [6, 6.07) is 0. The van der Waals surface area contributed by atoms with E-state index in [2.05, 4.69) is 5.32 Å². The molecule has 0 saturated heterocycles. The number of nitrogens with one attached hydrogen (secondary N) is 1. The zero-order chi connectivity index (χ0) is 14.2. The van der Waals surface area contributed by atoms with Gasteiger partial charge in [-0.25, -0.2) is 8.42 Å². The number of carbonyl (C=O) groups is 2. The fourth-order valence-corrected chi connectivity index (χ4v) is 2.16. The van der Waals surface area contributed by atoms with E-state index in [4.69, 9.17) is 5.11 Å². The average molecular weight is 279 g/mol. The van der Waals surface area contributed by atoms with Gasteiger partial charge in [-0.15, -0.1) is 0 Å². The highest BCUT2D eigenvalue weighted by molar-refractivity contribution is 7.91. The second kappa shape index (κ2) is 8.07. The van der Waals surface area contributed by atoms with Crippen molar-refractivity contribution in [1.29, 1.82) is 0 Å². The summed E-state index contributed by atoms with van der Waals surface area (Å²) in [6.07, 6.45) is 3.21. The lowest BCUT2D eigenvalue weighted by Crippen LogP contribution is -2.31. The van der Waals surface area contributed by atoms with Crippen LogP contribution in [-0.2, 0) is 19.4 Å². The van der Waals surface area contributed by atoms with Crippen LogP contribution in [0.3, 0.4) is 0 Å². The lowest BCUT2D eigenvalue weighted by molar-refractivity contribution is -0.137. The molecule has 0 aromatic rings. The minimum atomic E-state index is -3.29. The smallest absolute Gasteiger partial charge is 0.303 e. The first-order valence-electron chi connectivity index (χ1n) is 5.90. The summed E-state index contributed by atoms with van der Waals surface area (Å²) < 4.78 is 21.7. The standard InChI is InChI=1S/C11H21NO5S/c1-3-9(4-5-11(14)15)6-7-12-10(13)8-18(2,16)17/h9H,3-8H2,1-2H3,(H,12,13)(H,14,15). The predicted octanol–water partition coefficient (Wildman–Crippen LogP) is 0.428. The number of amides is 1. The van der Waals surface area contributed by atoms with Crippen molar-refractivity contribution in [2.45, 2.75) is 32.6 Å². The molecule has 0 spiro atoms. The zero-order valence-corrected chi connectivity index (χ0v) is 11.6. The molecule has 0 aliphatic rings. The molecule has 0 fully saturated rings. The highest BCUT2D eigenvalue weighted by Crippen LogP contribution is 2.14. The maximum atomic E-state index is 11.2. The Morgan fingerprint density at radius 1 is 1.28 bits per heavy atom. The van der Waals surface area contributed by atoms with Gasteiger partial charge < -0.3 is 10.4 Å². The third-order valence-electron chi connectivity index (χ3n) is 2.61. The summed E-state index contributed by atoms with van der Waals surface area (Å²) in [5.41, 5.74) is 0. The number of sulfone groups is 1. The first-order valence-corrected chi connectivity index (χ1v) is 7.97. The van der Waals surface area contributed by atoms with Crippen LogP contribution in [0.5, 0.6) is 0 Å². The molecule has 1 amide bonds. The molecule has 0 aliphatic carbocycles. The number of rotatable bonds is 9. The molecule has 18 heavy (non-hydrogen) atoms. The van der Waals surface area contributed by atoms with Gasteiger partial charge in [0.15, 0.2) is 9.84 Å². The zero-order valence-electron chi connectivity index (χ0n) is 10.8. The monoisotopic (exact) mass is 279 g/mol. The van der Waals surface area contributed by atoms with Crippen LogP contribution in [0, 0.1) is 5.92 Å². The summed E-state index contributed by atoms with van der Waals surface area (Å²) in [5, 5.41) is 11.1. The van der Waals surface area contributed by atoms with Crippen molar-refractivity contribution in [3.8, 4) is 0 Å². The van der Waals surface area contributed by atoms with E-state index in [1.165, 1.54) is 0 Å². The van der Waals surface area contributed by atoms with Crippen molar-refractivity contribution in [2.24, 2.45) is 5.92 Å². The van der Waals surface area contributed by atoms with Crippen molar-refractivity contribution < 1.29 is 23.1 Å². The Labute approximate surface area is 108 Å². The average Bonchev–Trinajstić information content (AvgIpc) is 2.20. The SMILES string of the molecule is CCC(CCNC(=O)CS(C)(=O)=O)CCC(=O)O. The Kier molecular flexibility index (Phi) is 7.58. The second-order valence-corrected chi connectivity index (χ2v) is 6.56. The van der Waals surface area contributed by atoms with Crippen LogP contribution >= 0.6 is 0 Å². The molecule has 106 valence electrons. The molecule has 2 N–H and O–H groups in total. The van der Waals surface area contributed by atoms with E-state index >= 15 is 0 Å². The minimum Gasteiger partial charge on any atom is -0.481 e. The van der Waals surface area contributed by atoms with Gasteiger partial charge in [-0.1, -0.05) is 13.3 Å². The third-order valence-corrected chi connectivity index (χ3v) is 3.40. The van der Waals surface area contributed by atoms with Crippen LogP contribution in [0.15, 0.2) is 0 Å². The van der Waals surface area contributed by atoms with Gasteiger partial charge in [-0.3, -0.25) is 9.59 Å². The molecule has 0 aromatic carbocycles. The molecule has 6 nitrogen and oxygen atoms in total. The topological polar surface area (TPSA) is 101 Å². The van der Waals surface area contributed by atoms with Crippen LogP contribution in [-0.4, -0.2) is 44.0 Å². The van der Waals surface area contributed by atoms with Crippen LogP contribution in [0.25, 0.3) is 0 Å². The quantitative estimate of drug-likeness (QED) is 0.637. The van der Waals surface area contributed by atoms with Gasteiger partial charge in [-0.2, -0.15) is 0 Å². The first kappa shape index (κ1) is 16.9. The second-order valence-electron chi connectivity index (χ2n) is 4.42. The molecule has 0 rings (SSSR count). The molecule has 0 heterocycles. The Balaban J connectivity index is 3.86. The minimum absolute atomic E-state index is 0.121. The van der Waals surface area contributed by atoms with E-state index in [9.17, 15) is 18.0 Å². The van der Waals surface area contributed by atoms with E-state index in [-0.39, 0.29) is 12.3 Å². The fourth-order valence-electron chi connectivity index (χ4n) is 1.59. The largest absolute Gasteiger partial charge is 0.481 e. The summed E-state index contributed by atoms with van der Waals surface area (Å²) in [7, 11) is -3.29. The highest BCUT2D eigenvalue weighted by atomic mass is 32.2. The number of carbonyl (C=O) groups excluding carboxylic acids is 1. The summed E-state index contributed by atoms with van der Waals surface area (Å²) in [4.78, 5) is 21.6. The normalized spacial score (nSPS) is 13.0. The summed E-state index contributed by atoms with van der Waals surface area (Å²) in [6.45, 7) is 2.34. The van der Waals surface area contributed by atoms with Crippen LogP contribution in [0.2, 0.25) is 0 Å². The van der Waals surface area contributed by atoms with Gasteiger partial charge in [-0.05, 0) is 18.8 Å². The number of aliphatic carboxylic acids is 1. The summed E-state index contributed by atoms with van der Waals surface area (Å²) >= 11 is 0. The number of hydrogen-bond acceptors (Lipinski definition) is 4.